The molecule has 0 radical (unpaired) electrons. The number of aromatic amines is 1. The fourth-order valence-electron chi connectivity index (χ4n) is 4.95. The molecule has 3 aromatic rings. The standard InChI is InChI=1S/C20H27BN9O10P.Na/c22-7-21-30-8-29(17-16(30)18(33)27-19(24)26-17)15-4-10(11(5-31)38-15)40-41(35,36)37-6-12-9(32)3-14(39-12)28-2-1-13(23)25-20(28)34;/h1-2,8-12,14-15,31-32H,3-6,21H2,(H,35,36)(H2,23,25,34)(H3,24,26,27,33);/q;+1/p-1. The van der Waals surface area contributed by atoms with Gasteiger partial charge >= 0.3 is 35.2 Å². The van der Waals surface area contributed by atoms with Crippen molar-refractivity contribution >= 4 is 38.2 Å². The van der Waals surface area contributed by atoms with Gasteiger partial charge in [0, 0.05) is 19.0 Å². The van der Waals surface area contributed by atoms with Gasteiger partial charge in [0.25, 0.3) is 26.4 Å². The molecule has 42 heavy (non-hydrogen) atoms. The zero-order valence-corrected chi connectivity index (χ0v) is 25.4. The molecular formula is C20H26BN9NaO10P. The second-order valence-corrected chi connectivity index (χ2v) is 11.0. The van der Waals surface area contributed by atoms with Gasteiger partial charge in [0.1, 0.15) is 30.4 Å². The molecule has 0 aliphatic carbocycles. The van der Waals surface area contributed by atoms with Gasteiger partial charge in [-0.1, -0.05) is 0 Å². The number of aliphatic hydroxyl groups excluding tert-OH is 2. The molecule has 5 rings (SSSR count). The molecule has 2 saturated heterocycles. The summed E-state index contributed by atoms with van der Waals surface area (Å²) < 4.78 is 38.2. The van der Waals surface area contributed by atoms with Crippen molar-refractivity contribution in [3.63, 3.8) is 0 Å². The van der Waals surface area contributed by atoms with E-state index in [9.17, 15) is 34.5 Å². The van der Waals surface area contributed by atoms with Crippen LogP contribution >= 0.6 is 7.82 Å². The Morgan fingerprint density at radius 2 is 1.98 bits per heavy atom. The summed E-state index contributed by atoms with van der Waals surface area (Å²) in [4.78, 5) is 47.3. The van der Waals surface area contributed by atoms with Crippen LogP contribution < -0.4 is 61.6 Å². The molecule has 2 aliphatic rings. The number of rotatable bonds is 9. The second-order valence-electron chi connectivity index (χ2n) is 9.61. The summed E-state index contributed by atoms with van der Waals surface area (Å²) >= 11 is 0. The molecule has 0 aromatic carbocycles. The van der Waals surface area contributed by atoms with Crippen LogP contribution in [0.15, 0.2) is 28.2 Å². The van der Waals surface area contributed by atoms with Gasteiger partial charge in [0.05, 0.1) is 19.3 Å². The summed E-state index contributed by atoms with van der Waals surface area (Å²) in [6.45, 7) is -1.23. The van der Waals surface area contributed by atoms with Crippen molar-refractivity contribution in [1.82, 2.24) is 24.1 Å². The smallest absolute Gasteiger partial charge is 0.756 e. The maximum Gasteiger partial charge on any atom is 1.00 e. The Hall–Kier alpha value is -2.67. The third-order valence-corrected chi connectivity index (χ3v) is 7.82. The van der Waals surface area contributed by atoms with Gasteiger partial charge in [-0.25, -0.2) is 10.1 Å². The number of imidazole rings is 1. The number of aliphatic hydroxyl groups is 2. The van der Waals surface area contributed by atoms with Crippen LogP contribution in [0.2, 0.25) is 0 Å². The Bertz CT molecular complexity index is 1660. The largest absolute Gasteiger partial charge is 1.00 e. The minimum Gasteiger partial charge on any atom is -0.756 e. The molecule has 0 bridgehead atoms. The number of nitrogens with zero attached hydrogens (tertiary/aromatic N) is 6. The van der Waals surface area contributed by atoms with Crippen LogP contribution in [0.3, 0.4) is 0 Å². The number of hydrogen-bond acceptors (Lipinski definition) is 15. The van der Waals surface area contributed by atoms with E-state index in [2.05, 4.69) is 15.0 Å². The molecule has 0 saturated carbocycles. The Labute approximate surface area is 258 Å². The normalized spacial score (nSPS) is 27.0. The van der Waals surface area contributed by atoms with Crippen LogP contribution in [0.1, 0.15) is 25.3 Å². The minimum absolute atomic E-state index is 0. The number of nitriles is 1. The van der Waals surface area contributed by atoms with Crippen LogP contribution in [0.5, 0.6) is 0 Å². The Morgan fingerprint density at radius 3 is 2.67 bits per heavy atom. The van der Waals surface area contributed by atoms with E-state index in [0.717, 1.165) is 4.57 Å². The second kappa shape index (κ2) is 12.9. The topological polar surface area (TPSA) is 283 Å². The summed E-state index contributed by atoms with van der Waals surface area (Å²) in [5.41, 5.74) is 10.1. The zero-order chi connectivity index (χ0) is 29.5. The SMILES string of the molecule is N#C[BH2-][n+]1cn(C2CC(OP(=O)([O-])OCC3OC(n4ccc(N)nc4=O)CC3O)C(CO)O2)c2nc(N)[nH]c(=O)c21.[Na+]. The molecule has 7 N–H and O–H groups in total. The van der Waals surface area contributed by atoms with Crippen molar-refractivity contribution in [3.05, 3.63) is 39.4 Å². The molecule has 220 valence electrons. The van der Waals surface area contributed by atoms with E-state index >= 15 is 0 Å². The number of fused-ring (bicyclic) bond motifs is 1. The van der Waals surface area contributed by atoms with Gasteiger partial charge in [0.2, 0.25) is 24.0 Å². The number of nitrogens with two attached hydrogens (primary N) is 2. The predicted octanol–water partition coefficient (Wildman–Crippen LogP) is -7.35. The van der Waals surface area contributed by atoms with Gasteiger partial charge in [-0.3, -0.25) is 18.9 Å². The number of nitrogen functional groups attached to an aromatic ring is 2. The fourth-order valence-corrected chi connectivity index (χ4v) is 5.89. The van der Waals surface area contributed by atoms with Crippen LogP contribution in [0.4, 0.5) is 11.8 Å². The van der Waals surface area contributed by atoms with Crippen LogP contribution in [0.25, 0.3) is 11.2 Å². The molecule has 5 heterocycles. The van der Waals surface area contributed by atoms with Crippen LogP contribution in [-0.2, 0) is 23.1 Å². The Kier molecular flexibility index (Phi) is 9.91. The first-order valence-corrected chi connectivity index (χ1v) is 14.0. The minimum atomic E-state index is -5.04. The molecule has 0 amide bonds. The van der Waals surface area contributed by atoms with Gasteiger partial charge in [0.15, 0.2) is 0 Å². The number of hydrogen-bond donors (Lipinski definition) is 5. The van der Waals surface area contributed by atoms with E-state index in [4.69, 9.17) is 30.0 Å². The number of H-pyrrole nitrogens is 1. The molecule has 7 atom stereocenters. The summed E-state index contributed by atoms with van der Waals surface area (Å²) in [7, 11) is -6.48. The third-order valence-electron chi connectivity index (χ3n) is 6.83. The Morgan fingerprint density at radius 1 is 1.26 bits per heavy atom. The molecule has 0 spiro atoms. The quantitative estimate of drug-likeness (QED) is 0.110. The van der Waals surface area contributed by atoms with Gasteiger partial charge in [-0.05, 0) is 6.07 Å². The number of nitrogens with one attached hydrogen (secondary N) is 1. The van der Waals surface area contributed by atoms with E-state index in [-0.39, 0.29) is 65.3 Å². The molecule has 3 aromatic heterocycles. The fraction of sp³-hybridized carbons (Fsp3) is 0.500. The average molecular weight is 617 g/mol. The molecule has 19 nitrogen and oxygen atoms in total. The molecule has 7 unspecified atom stereocenters. The van der Waals surface area contributed by atoms with Crippen molar-refractivity contribution in [2.24, 2.45) is 0 Å². The predicted molar refractivity (Wildman–Crippen MR) is 136 cm³/mol. The average Bonchev–Trinajstić information content (AvgIpc) is 3.57. The van der Waals surface area contributed by atoms with E-state index in [1.165, 1.54) is 27.6 Å². The van der Waals surface area contributed by atoms with Crippen molar-refractivity contribution in [2.75, 3.05) is 24.7 Å². The summed E-state index contributed by atoms with van der Waals surface area (Å²) in [6, 6.07) is 1.37. The van der Waals surface area contributed by atoms with Crippen molar-refractivity contribution in [1.29, 1.82) is 5.26 Å². The maximum absolute atomic E-state index is 12.7. The third kappa shape index (κ3) is 6.61. The van der Waals surface area contributed by atoms with Gasteiger partial charge in [-0.15, -0.1) is 5.97 Å². The molecule has 2 aliphatic heterocycles. The first-order valence-electron chi connectivity index (χ1n) is 12.5. The first kappa shape index (κ1) is 32.3. The van der Waals surface area contributed by atoms with Crippen molar-refractivity contribution < 1.29 is 72.2 Å². The van der Waals surface area contributed by atoms with Crippen LogP contribution in [0, 0.1) is 11.2 Å². The number of ether oxygens (including phenoxy) is 2. The van der Waals surface area contributed by atoms with Crippen molar-refractivity contribution in [2.45, 2.75) is 49.7 Å². The summed E-state index contributed by atoms with van der Waals surface area (Å²) in [5, 5.41) is 29.4. The van der Waals surface area contributed by atoms with Crippen molar-refractivity contribution in [3.8, 4) is 5.97 Å². The van der Waals surface area contributed by atoms with Gasteiger partial charge in [-0.2, -0.15) is 14.5 Å². The number of phosphoric acid groups is 1. The molecule has 22 heteroatoms. The molecular weight excluding hydrogens is 591 g/mol. The summed E-state index contributed by atoms with van der Waals surface area (Å²) in [5.74, 6) is 1.88. The van der Waals surface area contributed by atoms with E-state index in [1.54, 1.807) is 0 Å². The van der Waals surface area contributed by atoms with E-state index in [1.807, 2.05) is 5.97 Å². The zero-order valence-electron chi connectivity index (χ0n) is 22.5. The van der Waals surface area contributed by atoms with Crippen LogP contribution in [-0.4, -0.2) is 79.3 Å². The molecule has 2 fully saturated rings. The number of anilines is 2. The van der Waals surface area contributed by atoms with E-state index < -0.39 is 76.6 Å². The first-order chi connectivity index (χ1) is 19.5. The number of phosphoric ester groups is 1. The van der Waals surface area contributed by atoms with E-state index in [0.29, 0.717) is 0 Å². The monoisotopic (exact) mass is 617 g/mol. The number of aromatic nitrogens is 6. The Balaban J connectivity index is 0.00000405. The maximum atomic E-state index is 12.7. The van der Waals surface area contributed by atoms with Gasteiger partial charge < -0.3 is 49.6 Å². The summed E-state index contributed by atoms with van der Waals surface area (Å²) in [6.07, 6.45) is -3.80.